The second-order valence-electron chi connectivity index (χ2n) is 7.21. The average molecular weight is 380 g/mol. The number of benzene rings is 1. The van der Waals surface area contributed by atoms with Crippen LogP contribution in [0.2, 0.25) is 0 Å². The van der Waals surface area contributed by atoms with E-state index in [2.05, 4.69) is 6.92 Å². The number of ether oxygens (including phenoxy) is 2. The van der Waals surface area contributed by atoms with Gasteiger partial charge >= 0.3 is 0 Å². The van der Waals surface area contributed by atoms with Gasteiger partial charge in [0.25, 0.3) is 0 Å². The third-order valence-corrected chi connectivity index (χ3v) is 7.23. The number of hydrogen-bond donors (Lipinski definition) is 0. The molecular formula is C18H24N2O5S. The molecule has 2 heterocycles. The summed E-state index contributed by atoms with van der Waals surface area (Å²) in [6.45, 7) is 4.70. The normalized spacial score (nSPS) is 26.3. The Kier molecular flexibility index (Phi) is 4.56. The molecule has 1 saturated carbocycles. The molecule has 142 valence electrons. The van der Waals surface area contributed by atoms with Crippen molar-refractivity contribution in [3.63, 3.8) is 0 Å². The highest BCUT2D eigenvalue weighted by molar-refractivity contribution is 7.89. The van der Waals surface area contributed by atoms with Crippen LogP contribution >= 0.6 is 0 Å². The van der Waals surface area contributed by atoms with E-state index in [1.165, 1.54) is 4.31 Å². The lowest BCUT2D eigenvalue weighted by atomic mass is 10.2. The van der Waals surface area contributed by atoms with Crippen molar-refractivity contribution < 1.29 is 22.7 Å². The summed E-state index contributed by atoms with van der Waals surface area (Å²) in [7, 11) is -3.61. The smallest absolute Gasteiger partial charge is 0.243 e. The minimum atomic E-state index is -3.61. The summed E-state index contributed by atoms with van der Waals surface area (Å²) in [6.07, 6.45) is 1.72. The van der Waals surface area contributed by atoms with Gasteiger partial charge in [0.05, 0.1) is 18.1 Å². The molecule has 7 nitrogen and oxygen atoms in total. The molecule has 3 aliphatic rings. The molecule has 2 atom stereocenters. The molecule has 2 fully saturated rings. The lowest BCUT2D eigenvalue weighted by Crippen LogP contribution is -2.51. The fourth-order valence-electron chi connectivity index (χ4n) is 3.50. The number of rotatable bonds is 3. The van der Waals surface area contributed by atoms with Crippen LogP contribution in [0, 0.1) is 11.8 Å². The SMILES string of the molecule is C[C@H]1C[C@@H]1C(=O)N1CCN(S(=O)(=O)c2ccc3c(c2)OCCCO3)CC1. The zero-order chi connectivity index (χ0) is 18.3. The minimum absolute atomic E-state index is 0.139. The molecule has 0 bridgehead atoms. The number of amides is 1. The van der Waals surface area contributed by atoms with Gasteiger partial charge in [-0.05, 0) is 24.5 Å². The number of sulfonamides is 1. The molecule has 1 aliphatic carbocycles. The Morgan fingerprint density at radius 3 is 2.38 bits per heavy atom. The van der Waals surface area contributed by atoms with Crippen LogP contribution in [0.15, 0.2) is 23.1 Å². The molecule has 1 saturated heterocycles. The molecule has 0 N–H and O–H groups in total. The Balaban J connectivity index is 1.46. The van der Waals surface area contributed by atoms with E-state index in [4.69, 9.17) is 9.47 Å². The second-order valence-corrected chi connectivity index (χ2v) is 9.15. The van der Waals surface area contributed by atoms with Crippen molar-refractivity contribution in [3.05, 3.63) is 18.2 Å². The molecule has 4 rings (SSSR count). The first kappa shape index (κ1) is 17.6. The van der Waals surface area contributed by atoms with Crippen molar-refractivity contribution >= 4 is 15.9 Å². The van der Waals surface area contributed by atoms with Crippen molar-refractivity contribution in [2.75, 3.05) is 39.4 Å². The van der Waals surface area contributed by atoms with Gasteiger partial charge in [0.2, 0.25) is 15.9 Å². The van der Waals surface area contributed by atoms with Crippen molar-refractivity contribution in [3.8, 4) is 11.5 Å². The van der Waals surface area contributed by atoms with E-state index in [0.29, 0.717) is 56.8 Å². The van der Waals surface area contributed by atoms with E-state index in [1.54, 1.807) is 23.1 Å². The largest absolute Gasteiger partial charge is 0.490 e. The summed E-state index contributed by atoms with van der Waals surface area (Å²) in [5.41, 5.74) is 0. The van der Waals surface area contributed by atoms with Crippen LogP contribution in [0.25, 0.3) is 0 Å². The fraction of sp³-hybridized carbons (Fsp3) is 0.611. The monoisotopic (exact) mass is 380 g/mol. The molecule has 1 aromatic rings. The lowest BCUT2D eigenvalue weighted by molar-refractivity contribution is -0.134. The van der Waals surface area contributed by atoms with E-state index >= 15 is 0 Å². The number of carbonyl (C=O) groups is 1. The predicted molar refractivity (Wildman–Crippen MR) is 94.7 cm³/mol. The Hall–Kier alpha value is -1.80. The van der Waals surface area contributed by atoms with Gasteiger partial charge in [-0.3, -0.25) is 4.79 Å². The third-order valence-electron chi connectivity index (χ3n) is 5.33. The van der Waals surface area contributed by atoms with E-state index in [1.807, 2.05) is 0 Å². The molecule has 26 heavy (non-hydrogen) atoms. The van der Waals surface area contributed by atoms with Gasteiger partial charge in [-0.15, -0.1) is 0 Å². The summed E-state index contributed by atoms with van der Waals surface area (Å²) in [4.78, 5) is 14.3. The molecule has 0 spiro atoms. The highest BCUT2D eigenvalue weighted by Crippen LogP contribution is 2.39. The Labute approximate surface area is 153 Å². The number of nitrogens with zero attached hydrogens (tertiary/aromatic N) is 2. The van der Waals surface area contributed by atoms with Crippen LogP contribution in [0.4, 0.5) is 0 Å². The third kappa shape index (κ3) is 3.27. The summed E-state index contributed by atoms with van der Waals surface area (Å²) in [5, 5.41) is 0. The second kappa shape index (κ2) is 6.74. The molecular weight excluding hydrogens is 356 g/mol. The average Bonchev–Trinajstić information content (AvgIpc) is 3.42. The van der Waals surface area contributed by atoms with Gasteiger partial charge in [0.1, 0.15) is 0 Å². The van der Waals surface area contributed by atoms with Crippen LogP contribution in [-0.2, 0) is 14.8 Å². The number of piperazine rings is 1. The zero-order valence-corrected chi connectivity index (χ0v) is 15.7. The molecule has 1 amide bonds. The van der Waals surface area contributed by atoms with Crippen molar-refractivity contribution in [1.29, 1.82) is 0 Å². The zero-order valence-electron chi connectivity index (χ0n) is 14.9. The maximum absolute atomic E-state index is 13.0. The Morgan fingerprint density at radius 2 is 1.73 bits per heavy atom. The van der Waals surface area contributed by atoms with Crippen LogP contribution in [0.5, 0.6) is 11.5 Å². The van der Waals surface area contributed by atoms with E-state index in [9.17, 15) is 13.2 Å². The van der Waals surface area contributed by atoms with Crippen LogP contribution in [0.1, 0.15) is 19.8 Å². The summed E-state index contributed by atoms with van der Waals surface area (Å²) in [5.74, 6) is 1.83. The predicted octanol–water partition coefficient (Wildman–Crippen LogP) is 1.34. The van der Waals surface area contributed by atoms with Gasteiger partial charge in [-0.2, -0.15) is 4.31 Å². The van der Waals surface area contributed by atoms with E-state index < -0.39 is 10.0 Å². The molecule has 8 heteroatoms. The summed E-state index contributed by atoms with van der Waals surface area (Å²) >= 11 is 0. The van der Waals surface area contributed by atoms with Gasteiger partial charge < -0.3 is 14.4 Å². The van der Waals surface area contributed by atoms with E-state index in [-0.39, 0.29) is 16.7 Å². The first-order chi connectivity index (χ1) is 12.5. The number of fused-ring (bicyclic) bond motifs is 1. The van der Waals surface area contributed by atoms with Crippen molar-refractivity contribution in [1.82, 2.24) is 9.21 Å². The van der Waals surface area contributed by atoms with Gasteiger partial charge in [-0.1, -0.05) is 6.92 Å². The first-order valence-corrected chi connectivity index (χ1v) is 10.6. The quantitative estimate of drug-likeness (QED) is 0.791. The highest BCUT2D eigenvalue weighted by Gasteiger charge is 2.42. The maximum atomic E-state index is 13.0. The number of hydrogen-bond acceptors (Lipinski definition) is 5. The fourth-order valence-corrected chi connectivity index (χ4v) is 4.94. The standard InChI is InChI=1S/C18H24N2O5S/c1-13-11-15(13)18(21)19-5-7-20(8-6-19)26(22,23)14-3-4-16-17(12-14)25-10-2-9-24-16/h3-4,12-13,15H,2,5-11H2,1H3/t13-,15-/m0/s1. The minimum Gasteiger partial charge on any atom is -0.490 e. The van der Waals surface area contributed by atoms with E-state index in [0.717, 1.165) is 12.8 Å². The van der Waals surface area contributed by atoms with Crippen LogP contribution in [0.3, 0.4) is 0 Å². The molecule has 0 aromatic heterocycles. The lowest BCUT2D eigenvalue weighted by Gasteiger charge is -2.34. The summed E-state index contributed by atoms with van der Waals surface area (Å²) in [6, 6.07) is 4.76. The van der Waals surface area contributed by atoms with Crippen molar-refractivity contribution in [2.45, 2.75) is 24.7 Å². The Morgan fingerprint density at radius 1 is 1.08 bits per heavy atom. The van der Waals surface area contributed by atoms with Crippen LogP contribution < -0.4 is 9.47 Å². The van der Waals surface area contributed by atoms with Crippen LogP contribution in [-0.4, -0.2) is 62.9 Å². The molecule has 2 aliphatic heterocycles. The Bertz CT molecular complexity index is 802. The molecule has 0 unspecified atom stereocenters. The highest BCUT2D eigenvalue weighted by atomic mass is 32.2. The van der Waals surface area contributed by atoms with Gasteiger partial charge in [0.15, 0.2) is 11.5 Å². The maximum Gasteiger partial charge on any atom is 0.243 e. The van der Waals surface area contributed by atoms with Crippen molar-refractivity contribution in [2.24, 2.45) is 11.8 Å². The first-order valence-electron chi connectivity index (χ1n) is 9.15. The number of carbonyl (C=O) groups excluding carboxylic acids is 1. The molecule has 1 aromatic carbocycles. The molecule has 0 radical (unpaired) electrons. The van der Waals surface area contributed by atoms with Gasteiger partial charge in [0, 0.05) is 44.6 Å². The topological polar surface area (TPSA) is 76.2 Å². The van der Waals surface area contributed by atoms with Gasteiger partial charge in [-0.25, -0.2) is 8.42 Å². The summed E-state index contributed by atoms with van der Waals surface area (Å²) < 4.78 is 38.5.